The number of halogens is 1. The first kappa shape index (κ1) is 18.9. The van der Waals surface area contributed by atoms with Gasteiger partial charge in [-0.25, -0.2) is 9.82 Å². The Hall–Kier alpha value is -3.42. The van der Waals surface area contributed by atoms with E-state index in [4.69, 9.17) is 0 Å². The highest BCUT2D eigenvalue weighted by atomic mass is 19.1. The van der Waals surface area contributed by atoms with E-state index in [1.807, 2.05) is 0 Å². The Morgan fingerprint density at radius 1 is 1.08 bits per heavy atom. The van der Waals surface area contributed by atoms with Crippen molar-refractivity contribution in [2.45, 2.75) is 19.9 Å². The predicted octanol–water partition coefficient (Wildman–Crippen LogP) is 2.05. The van der Waals surface area contributed by atoms with Crippen molar-refractivity contribution < 1.29 is 24.2 Å². The molecule has 26 heavy (non-hydrogen) atoms. The molecule has 0 radical (unpaired) electrons. The second-order valence-corrected chi connectivity index (χ2v) is 5.57. The van der Waals surface area contributed by atoms with Crippen LogP contribution in [-0.4, -0.2) is 27.7 Å². The number of carbonyl (C=O) groups is 2. The Kier molecular flexibility index (Phi) is 6.26. The lowest BCUT2D eigenvalue weighted by Gasteiger charge is -2.06. The summed E-state index contributed by atoms with van der Waals surface area (Å²) < 4.78 is 12.8. The van der Waals surface area contributed by atoms with E-state index in [9.17, 15) is 24.2 Å². The molecule has 0 bridgehead atoms. The standard InChI is InChI=1S/C18H18FN3O4/c1-11(8-17(25)20-10-12-2-5-14(19)6-3-12)21-22-18(26)13-4-7-15(23)16(24)9-13/h2-7,9,23-24H,8,10H2,1H3,(H,20,25)(H,22,26)/b21-11+. The monoisotopic (exact) mass is 359 g/mol. The molecule has 0 aromatic heterocycles. The predicted molar refractivity (Wildman–Crippen MR) is 93.2 cm³/mol. The second-order valence-electron chi connectivity index (χ2n) is 5.57. The van der Waals surface area contributed by atoms with Crippen molar-refractivity contribution in [3.8, 4) is 11.5 Å². The van der Waals surface area contributed by atoms with Gasteiger partial charge in [-0.05, 0) is 42.8 Å². The Labute approximate surface area is 149 Å². The van der Waals surface area contributed by atoms with E-state index in [1.54, 1.807) is 19.1 Å². The van der Waals surface area contributed by atoms with Crippen molar-refractivity contribution in [1.82, 2.24) is 10.7 Å². The van der Waals surface area contributed by atoms with Crippen LogP contribution in [0.3, 0.4) is 0 Å². The molecule has 0 atom stereocenters. The molecule has 2 rings (SSSR count). The first-order chi connectivity index (χ1) is 12.3. The molecule has 4 N–H and O–H groups in total. The molecule has 0 heterocycles. The molecule has 8 heteroatoms. The van der Waals surface area contributed by atoms with Gasteiger partial charge in [-0.3, -0.25) is 9.59 Å². The molecule has 0 saturated heterocycles. The van der Waals surface area contributed by atoms with Gasteiger partial charge >= 0.3 is 0 Å². The number of amides is 2. The van der Waals surface area contributed by atoms with E-state index in [2.05, 4.69) is 15.8 Å². The van der Waals surface area contributed by atoms with Crippen molar-refractivity contribution in [3.63, 3.8) is 0 Å². The zero-order chi connectivity index (χ0) is 19.1. The van der Waals surface area contributed by atoms with Crippen molar-refractivity contribution in [2.24, 2.45) is 5.10 Å². The number of phenolic OH excluding ortho intramolecular Hbond substituents is 2. The van der Waals surface area contributed by atoms with Crippen LogP contribution in [0.15, 0.2) is 47.6 Å². The summed E-state index contributed by atoms with van der Waals surface area (Å²) in [7, 11) is 0. The molecule has 0 spiro atoms. The molecule has 7 nitrogen and oxygen atoms in total. The third-order valence-corrected chi connectivity index (χ3v) is 3.41. The summed E-state index contributed by atoms with van der Waals surface area (Å²) in [6.45, 7) is 1.83. The number of carbonyl (C=O) groups excluding carboxylic acids is 2. The van der Waals surface area contributed by atoms with Crippen LogP contribution in [-0.2, 0) is 11.3 Å². The number of hydrogen-bond donors (Lipinski definition) is 4. The van der Waals surface area contributed by atoms with E-state index < -0.39 is 11.7 Å². The molecule has 0 aliphatic heterocycles. The van der Waals surface area contributed by atoms with Crippen molar-refractivity contribution >= 4 is 17.5 Å². The molecule has 0 saturated carbocycles. The van der Waals surface area contributed by atoms with Crippen molar-refractivity contribution in [3.05, 3.63) is 59.4 Å². The number of rotatable bonds is 6. The first-order valence-electron chi connectivity index (χ1n) is 7.72. The number of phenols is 2. The minimum absolute atomic E-state index is 0.0255. The van der Waals surface area contributed by atoms with Crippen LogP contribution in [0.1, 0.15) is 29.3 Å². The SMILES string of the molecule is C/C(CC(=O)NCc1ccc(F)cc1)=N\NC(=O)c1ccc(O)c(O)c1. The topological polar surface area (TPSA) is 111 Å². The molecule has 2 amide bonds. The number of hydrazone groups is 1. The molecule has 0 aliphatic rings. The summed E-state index contributed by atoms with van der Waals surface area (Å²) in [6.07, 6.45) is -0.0255. The molecule has 136 valence electrons. The van der Waals surface area contributed by atoms with Gasteiger partial charge < -0.3 is 15.5 Å². The fourth-order valence-corrected chi connectivity index (χ4v) is 2.01. The zero-order valence-corrected chi connectivity index (χ0v) is 14.0. The number of aromatic hydroxyl groups is 2. The average Bonchev–Trinajstić information content (AvgIpc) is 2.61. The third-order valence-electron chi connectivity index (χ3n) is 3.41. The molecule has 2 aromatic carbocycles. The van der Waals surface area contributed by atoms with Crippen LogP contribution in [0, 0.1) is 5.82 Å². The summed E-state index contributed by atoms with van der Waals surface area (Å²) in [5, 5.41) is 25.1. The lowest BCUT2D eigenvalue weighted by molar-refractivity contribution is -0.120. The number of hydrogen-bond acceptors (Lipinski definition) is 5. The summed E-state index contributed by atoms with van der Waals surface area (Å²) in [5.74, 6) is -1.99. The van der Waals surface area contributed by atoms with Gasteiger partial charge in [0.2, 0.25) is 5.91 Å². The Balaban J connectivity index is 1.82. The first-order valence-corrected chi connectivity index (χ1v) is 7.72. The largest absolute Gasteiger partial charge is 0.504 e. The van der Waals surface area contributed by atoms with Gasteiger partial charge in [0, 0.05) is 17.8 Å². The normalized spacial score (nSPS) is 11.1. The molecule has 2 aromatic rings. The van der Waals surface area contributed by atoms with Crippen LogP contribution < -0.4 is 10.7 Å². The quantitative estimate of drug-likeness (QED) is 0.359. The summed E-state index contributed by atoms with van der Waals surface area (Å²) in [4.78, 5) is 23.7. The maximum absolute atomic E-state index is 12.8. The number of nitrogens with zero attached hydrogens (tertiary/aromatic N) is 1. The van der Waals surface area contributed by atoms with E-state index in [0.29, 0.717) is 5.71 Å². The molecular formula is C18H18FN3O4. The van der Waals surface area contributed by atoms with Crippen LogP contribution in [0.2, 0.25) is 0 Å². The highest BCUT2D eigenvalue weighted by Crippen LogP contribution is 2.24. The highest BCUT2D eigenvalue weighted by Gasteiger charge is 2.09. The van der Waals surface area contributed by atoms with E-state index in [1.165, 1.54) is 24.3 Å². The van der Waals surface area contributed by atoms with E-state index >= 15 is 0 Å². The van der Waals surface area contributed by atoms with Gasteiger partial charge in [-0.1, -0.05) is 12.1 Å². The Morgan fingerprint density at radius 3 is 2.42 bits per heavy atom. The maximum atomic E-state index is 12.8. The Bertz CT molecular complexity index is 835. The van der Waals surface area contributed by atoms with Gasteiger partial charge in [0.25, 0.3) is 5.91 Å². The van der Waals surface area contributed by atoms with Crippen molar-refractivity contribution in [1.29, 1.82) is 0 Å². The second kappa shape index (κ2) is 8.61. The Morgan fingerprint density at radius 2 is 1.77 bits per heavy atom. The summed E-state index contributed by atoms with van der Waals surface area (Å²) >= 11 is 0. The maximum Gasteiger partial charge on any atom is 0.271 e. The van der Waals surface area contributed by atoms with Gasteiger partial charge in [0.1, 0.15) is 5.82 Å². The van der Waals surface area contributed by atoms with Crippen LogP contribution in [0.4, 0.5) is 4.39 Å². The van der Waals surface area contributed by atoms with Crippen LogP contribution >= 0.6 is 0 Å². The molecular weight excluding hydrogens is 341 g/mol. The van der Waals surface area contributed by atoms with Crippen LogP contribution in [0.25, 0.3) is 0 Å². The average molecular weight is 359 g/mol. The minimum atomic E-state index is -0.591. The third kappa shape index (κ3) is 5.59. The fraction of sp³-hybridized carbons (Fsp3) is 0.167. The number of nitrogens with one attached hydrogen (secondary N) is 2. The van der Waals surface area contributed by atoms with Gasteiger partial charge in [0.05, 0.1) is 6.42 Å². The summed E-state index contributed by atoms with van der Waals surface area (Å²) in [6, 6.07) is 9.38. The number of benzene rings is 2. The molecule has 0 aliphatic carbocycles. The van der Waals surface area contributed by atoms with E-state index in [-0.39, 0.29) is 36.0 Å². The molecule has 0 unspecified atom stereocenters. The smallest absolute Gasteiger partial charge is 0.271 e. The van der Waals surface area contributed by atoms with Gasteiger partial charge in [0.15, 0.2) is 11.5 Å². The fourth-order valence-electron chi connectivity index (χ4n) is 2.01. The zero-order valence-electron chi connectivity index (χ0n) is 14.0. The van der Waals surface area contributed by atoms with E-state index in [0.717, 1.165) is 11.6 Å². The van der Waals surface area contributed by atoms with Crippen LogP contribution in [0.5, 0.6) is 11.5 Å². The minimum Gasteiger partial charge on any atom is -0.504 e. The summed E-state index contributed by atoms with van der Waals surface area (Å²) in [5.41, 5.74) is 3.51. The highest BCUT2D eigenvalue weighted by molar-refractivity contribution is 6.01. The lowest BCUT2D eigenvalue weighted by Crippen LogP contribution is -2.26. The van der Waals surface area contributed by atoms with Gasteiger partial charge in [-0.2, -0.15) is 5.10 Å². The lowest BCUT2D eigenvalue weighted by atomic mass is 10.2. The molecule has 0 fully saturated rings. The van der Waals surface area contributed by atoms with Crippen molar-refractivity contribution in [2.75, 3.05) is 0 Å². The van der Waals surface area contributed by atoms with Gasteiger partial charge in [-0.15, -0.1) is 0 Å².